The second-order valence-corrected chi connectivity index (χ2v) is 4.80. The van der Waals surface area contributed by atoms with Crippen LogP contribution in [0.5, 0.6) is 0 Å². The van der Waals surface area contributed by atoms with Gasteiger partial charge < -0.3 is 9.73 Å². The number of hydrogen-bond acceptors (Lipinski definition) is 4. The lowest BCUT2D eigenvalue weighted by atomic mass is 10.3. The molecule has 0 aliphatic heterocycles. The summed E-state index contributed by atoms with van der Waals surface area (Å²) >= 11 is 0. The molecule has 0 aliphatic carbocycles. The molecule has 2 N–H and O–H groups in total. The molecule has 94 valence electrons. The second kappa shape index (κ2) is 4.63. The molecular formula is C11H9NO5S. The third-order valence-electron chi connectivity index (χ3n) is 2.12. The minimum absolute atomic E-state index is 0.00600. The molecule has 0 saturated carbocycles. The van der Waals surface area contributed by atoms with Gasteiger partial charge in [0.15, 0.2) is 0 Å². The third-order valence-corrected chi connectivity index (χ3v) is 2.85. The monoisotopic (exact) mass is 267 g/mol. The van der Waals surface area contributed by atoms with E-state index in [9.17, 15) is 13.2 Å². The number of nitrogens with one attached hydrogen (secondary N) is 1. The van der Waals surface area contributed by atoms with E-state index in [1.54, 1.807) is 30.3 Å². The predicted molar refractivity (Wildman–Crippen MR) is 62.9 cm³/mol. The maximum absolute atomic E-state index is 11.7. The van der Waals surface area contributed by atoms with Gasteiger partial charge in [0.2, 0.25) is 5.09 Å². The average molecular weight is 267 g/mol. The van der Waals surface area contributed by atoms with Gasteiger partial charge in [0.05, 0.1) is 5.56 Å². The topological polar surface area (TPSA) is 96.6 Å². The summed E-state index contributed by atoms with van der Waals surface area (Å²) < 4.78 is 34.8. The van der Waals surface area contributed by atoms with Crippen molar-refractivity contribution in [1.29, 1.82) is 0 Å². The van der Waals surface area contributed by atoms with Crippen LogP contribution in [0.3, 0.4) is 0 Å². The SMILES string of the molecule is O=C(Nc1ccccc1)c1coc(S(=O)(=O)O)c1. The van der Waals surface area contributed by atoms with E-state index < -0.39 is 21.1 Å². The summed E-state index contributed by atoms with van der Waals surface area (Å²) in [4.78, 5) is 11.7. The average Bonchev–Trinajstić information content (AvgIpc) is 2.79. The zero-order valence-electron chi connectivity index (χ0n) is 9.03. The number of rotatable bonds is 3. The van der Waals surface area contributed by atoms with Gasteiger partial charge in [-0.05, 0) is 12.1 Å². The fourth-order valence-electron chi connectivity index (χ4n) is 1.30. The zero-order chi connectivity index (χ0) is 13.2. The fraction of sp³-hybridized carbons (Fsp3) is 0. The first-order valence-electron chi connectivity index (χ1n) is 4.89. The summed E-state index contributed by atoms with van der Waals surface area (Å²) in [6, 6.07) is 9.60. The first kappa shape index (κ1) is 12.3. The van der Waals surface area contributed by atoms with Crippen LogP contribution in [0.4, 0.5) is 5.69 Å². The quantitative estimate of drug-likeness (QED) is 0.826. The molecule has 1 aromatic heterocycles. The molecule has 7 heteroatoms. The largest absolute Gasteiger partial charge is 0.450 e. The Hall–Kier alpha value is -2.12. The number of furan rings is 1. The molecule has 0 unspecified atom stereocenters. The Balaban J connectivity index is 2.18. The van der Waals surface area contributed by atoms with Crippen molar-refractivity contribution in [2.45, 2.75) is 5.09 Å². The van der Waals surface area contributed by atoms with E-state index in [-0.39, 0.29) is 5.56 Å². The number of carbonyl (C=O) groups is 1. The molecule has 0 aliphatic rings. The number of anilines is 1. The Morgan fingerprint density at radius 3 is 2.44 bits per heavy atom. The minimum Gasteiger partial charge on any atom is -0.450 e. The molecule has 18 heavy (non-hydrogen) atoms. The lowest BCUT2D eigenvalue weighted by Gasteiger charge is -2.01. The van der Waals surface area contributed by atoms with Gasteiger partial charge >= 0.3 is 10.1 Å². The molecule has 0 spiro atoms. The molecule has 6 nitrogen and oxygen atoms in total. The Bertz CT molecular complexity index is 660. The number of benzene rings is 1. The number of hydrogen-bond donors (Lipinski definition) is 2. The highest BCUT2D eigenvalue weighted by Gasteiger charge is 2.18. The molecule has 1 amide bonds. The number of para-hydroxylation sites is 1. The number of amides is 1. The van der Waals surface area contributed by atoms with Crippen LogP contribution in [0.15, 0.2) is 52.2 Å². The highest BCUT2D eigenvalue weighted by atomic mass is 32.2. The summed E-state index contributed by atoms with van der Waals surface area (Å²) in [5.41, 5.74) is 0.573. The maximum atomic E-state index is 11.7. The first-order valence-corrected chi connectivity index (χ1v) is 6.33. The van der Waals surface area contributed by atoms with Gasteiger partial charge in [-0.3, -0.25) is 9.35 Å². The second-order valence-electron chi connectivity index (χ2n) is 3.45. The summed E-state index contributed by atoms with van der Waals surface area (Å²) in [5.74, 6) is -0.528. The lowest BCUT2D eigenvalue weighted by Crippen LogP contribution is -2.10. The van der Waals surface area contributed by atoms with Crippen molar-refractivity contribution >= 4 is 21.7 Å². The van der Waals surface area contributed by atoms with E-state index in [2.05, 4.69) is 9.73 Å². The maximum Gasteiger partial charge on any atom is 0.328 e. The van der Waals surface area contributed by atoms with E-state index >= 15 is 0 Å². The first-order chi connectivity index (χ1) is 8.47. The van der Waals surface area contributed by atoms with Crippen LogP contribution in [0.25, 0.3) is 0 Å². The van der Waals surface area contributed by atoms with E-state index in [4.69, 9.17) is 4.55 Å². The third kappa shape index (κ3) is 2.76. The Morgan fingerprint density at radius 2 is 1.89 bits per heavy atom. The van der Waals surface area contributed by atoms with Crippen LogP contribution in [0.1, 0.15) is 10.4 Å². The van der Waals surface area contributed by atoms with E-state index in [1.807, 2.05) is 0 Å². The van der Waals surface area contributed by atoms with Crippen LogP contribution in [0, 0.1) is 0 Å². The highest BCUT2D eigenvalue weighted by Crippen LogP contribution is 2.15. The molecule has 0 radical (unpaired) electrons. The molecular weight excluding hydrogens is 258 g/mol. The summed E-state index contributed by atoms with van der Waals surface area (Å²) in [7, 11) is -4.44. The Labute approximate surface area is 103 Å². The lowest BCUT2D eigenvalue weighted by molar-refractivity contribution is 0.102. The Kier molecular flexibility index (Phi) is 3.17. The van der Waals surface area contributed by atoms with Crippen LogP contribution in [-0.4, -0.2) is 18.9 Å². The van der Waals surface area contributed by atoms with Crippen molar-refractivity contribution in [2.24, 2.45) is 0 Å². The van der Waals surface area contributed by atoms with Gasteiger partial charge in [0.25, 0.3) is 5.91 Å². The molecule has 1 aromatic carbocycles. The van der Waals surface area contributed by atoms with Crippen LogP contribution < -0.4 is 5.32 Å². The van der Waals surface area contributed by atoms with Gasteiger partial charge in [0, 0.05) is 11.8 Å². The molecule has 0 fully saturated rings. The molecule has 1 heterocycles. The normalized spacial score (nSPS) is 11.2. The highest BCUT2D eigenvalue weighted by molar-refractivity contribution is 7.85. The van der Waals surface area contributed by atoms with Gasteiger partial charge in [-0.25, -0.2) is 0 Å². The predicted octanol–water partition coefficient (Wildman–Crippen LogP) is 1.78. The van der Waals surface area contributed by atoms with Crippen LogP contribution in [-0.2, 0) is 10.1 Å². The Morgan fingerprint density at radius 1 is 1.22 bits per heavy atom. The summed E-state index contributed by atoms with van der Waals surface area (Å²) in [6.45, 7) is 0. The van der Waals surface area contributed by atoms with Crippen LogP contribution >= 0.6 is 0 Å². The van der Waals surface area contributed by atoms with Crippen molar-refractivity contribution in [3.05, 3.63) is 48.2 Å². The van der Waals surface area contributed by atoms with Crippen molar-refractivity contribution in [1.82, 2.24) is 0 Å². The van der Waals surface area contributed by atoms with Crippen molar-refractivity contribution in [3.8, 4) is 0 Å². The van der Waals surface area contributed by atoms with Crippen molar-refractivity contribution < 1.29 is 22.2 Å². The van der Waals surface area contributed by atoms with Crippen molar-refractivity contribution in [2.75, 3.05) is 5.32 Å². The van der Waals surface area contributed by atoms with E-state index in [0.29, 0.717) is 5.69 Å². The van der Waals surface area contributed by atoms with Crippen molar-refractivity contribution in [3.63, 3.8) is 0 Å². The van der Waals surface area contributed by atoms with Gasteiger partial charge in [-0.2, -0.15) is 8.42 Å². The molecule has 2 rings (SSSR count). The summed E-state index contributed by atoms with van der Waals surface area (Å²) in [5, 5.41) is 1.88. The van der Waals surface area contributed by atoms with E-state index in [1.165, 1.54) is 0 Å². The van der Waals surface area contributed by atoms with Gasteiger partial charge in [-0.1, -0.05) is 18.2 Å². The fourth-order valence-corrected chi connectivity index (χ4v) is 1.74. The zero-order valence-corrected chi connectivity index (χ0v) is 9.85. The smallest absolute Gasteiger partial charge is 0.328 e. The van der Waals surface area contributed by atoms with Gasteiger partial charge in [0.1, 0.15) is 6.26 Å². The standard InChI is InChI=1S/C11H9NO5S/c13-11(12-9-4-2-1-3-5-9)8-6-10(17-7-8)18(14,15)16/h1-7H,(H,12,13)(H,14,15,16). The number of carbonyl (C=O) groups excluding carboxylic acids is 1. The minimum atomic E-state index is -4.44. The molecule has 2 aromatic rings. The summed E-state index contributed by atoms with van der Waals surface area (Å²) in [6.07, 6.45) is 0.960. The molecule has 0 bridgehead atoms. The molecule has 0 saturated heterocycles. The van der Waals surface area contributed by atoms with E-state index in [0.717, 1.165) is 12.3 Å². The van der Waals surface area contributed by atoms with Crippen LogP contribution in [0.2, 0.25) is 0 Å². The molecule has 0 atom stereocenters. The van der Waals surface area contributed by atoms with Gasteiger partial charge in [-0.15, -0.1) is 0 Å².